The highest BCUT2D eigenvalue weighted by molar-refractivity contribution is 9.10. The Morgan fingerprint density at radius 2 is 1.35 bits per heavy atom. The molecule has 1 atom stereocenters. The molecule has 4 nitrogen and oxygen atoms in total. The second-order valence-electron chi connectivity index (χ2n) is 9.71. The first kappa shape index (κ1) is 27.1. The summed E-state index contributed by atoms with van der Waals surface area (Å²) in [6.45, 7) is 7.49. The summed E-state index contributed by atoms with van der Waals surface area (Å²) in [6, 6.07) is 25.3. The SMILES string of the molecule is CCCCc1ccc(-n2c(-c3ccc(Br)cc3)nnc2-c2ccc(OCC(CC)CCCC)cc2)cc1. The fraction of sp³-hybridized carbons (Fsp3) is 0.375. The number of unbranched alkanes of at least 4 members (excludes halogenated alkanes) is 2. The Hall–Kier alpha value is -2.92. The summed E-state index contributed by atoms with van der Waals surface area (Å²) in [5.41, 5.74) is 4.45. The van der Waals surface area contributed by atoms with Gasteiger partial charge in [-0.15, -0.1) is 10.2 Å². The van der Waals surface area contributed by atoms with Crippen LogP contribution in [0.1, 0.15) is 64.9 Å². The van der Waals surface area contributed by atoms with Crippen LogP contribution >= 0.6 is 15.9 Å². The molecule has 0 saturated heterocycles. The molecule has 37 heavy (non-hydrogen) atoms. The first-order valence-corrected chi connectivity index (χ1v) is 14.5. The van der Waals surface area contributed by atoms with Crippen molar-refractivity contribution in [1.29, 1.82) is 0 Å². The molecule has 0 aliphatic rings. The van der Waals surface area contributed by atoms with Crippen molar-refractivity contribution in [2.24, 2.45) is 5.92 Å². The molecule has 0 aliphatic carbocycles. The average molecular weight is 561 g/mol. The highest BCUT2D eigenvalue weighted by atomic mass is 79.9. The standard InChI is InChI=1S/C32H38BrN3O/c1-4-7-9-24(6-3)23-37-30-21-15-27(16-22-30)32-35-34-31(26-13-17-28(33)18-14-26)36(32)29-19-11-25(12-20-29)10-8-5-2/h11-22,24H,4-10,23H2,1-3H3. The number of aryl methyl sites for hydroxylation is 1. The fourth-order valence-electron chi connectivity index (χ4n) is 4.51. The summed E-state index contributed by atoms with van der Waals surface area (Å²) in [4.78, 5) is 0. The Morgan fingerprint density at radius 3 is 1.92 bits per heavy atom. The van der Waals surface area contributed by atoms with Crippen molar-refractivity contribution >= 4 is 15.9 Å². The van der Waals surface area contributed by atoms with E-state index in [4.69, 9.17) is 4.74 Å². The van der Waals surface area contributed by atoms with Crippen LogP contribution in [-0.4, -0.2) is 21.4 Å². The van der Waals surface area contributed by atoms with Gasteiger partial charge in [-0.25, -0.2) is 0 Å². The predicted octanol–water partition coefficient (Wildman–Crippen LogP) is 9.30. The van der Waals surface area contributed by atoms with E-state index in [0.29, 0.717) is 5.92 Å². The van der Waals surface area contributed by atoms with Crippen molar-refractivity contribution in [3.05, 3.63) is 82.8 Å². The zero-order valence-electron chi connectivity index (χ0n) is 22.3. The Bertz CT molecular complexity index is 1230. The highest BCUT2D eigenvalue weighted by Crippen LogP contribution is 2.30. The number of rotatable bonds is 13. The van der Waals surface area contributed by atoms with Crippen molar-refractivity contribution in [3.8, 4) is 34.2 Å². The van der Waals surface area contributed by atoms with Crippen molar-refractivity contribution in [1.82, 2.24) is 14.8 Å². The van der Waals surface area contributed by atoms with Gasteiger partial charge in [0, 0.05) is 21.3 Å². The summed E-state index contributed by atoms with van der Waals surface area (Å²) in [6.07, 6.45) is 8.37. The molecule has 4 rings (SSSR count). The number of ether oxygens (including phenoxy) is 1. The van der Waals surface area contributed by atoms with Crippen LogP contribution < -0.4 is 4.74 Å². The van der Waals surface area contributed by atoms with E-state index in [-0.39, 0.29) is 0 Å². The molecule has 1 unspecified atom stereocenters. The van der Waals surface area contributed by atoms with Gasteiger partial charge < -0.3 is 4.74 Å². The molecule has 0 saturated carbocycles. The number of hydrogen-bond acceptors (Lipinski definition) is 3. The van der Waals surface area contributed by atoms with Gasteiger partial charge in [-0.3, -0.25) is 4.57 Å². The third-order valence-electron chi connectivity index (χ3n) is 6.92. The Balaban J connectivity index is 1.63. The summed E-state index contributed by atoms with van der Waals surface area (Å²) >= 11 is 3.54. The van der Waals surface area contributed by atoms with Gasteiger partial charge in [0.15, 0.2) is 11.6 Å². The number of halogens is 1. The van der Waals surface area contributed by atoms with Gasteiger partial charge >= 0.3 is 0 Å². The van der Waals surface area contributed by atoms with Crippen LogP contribution in [0.4, 0.5) is 0 Å². The van der Waals surface area contributed by atoms with Crippen molar-refractivity contribution in [3.63, 3.8) is 0 Å². The number of aromatic nitrogens is 3. The highest BCUT2D eigenvalue weighted by Gasteiger charge is 2.17. The van der Waals surface area contributed by atoms with Gasteiger partial charge in [-0.2, -0.15) is 0 Å². The quantitative estimate of drug-likeness (QED) is 0.164. The molecule has 4 aromatic rings. The monoisotopic (exact) mass is 559 g/mol. The molecule has 0 bridgehead atoms. The number of hydrogen-bond donors (Lipinski definition) is 0. The molecular weight excluding hydrogens is 522 g/mol. The molecule has 0 aliphatic heterocycles. The largest absolute Gasteiger partial charge is 0.493 e. The average Bonchev–Trinajstić information content (AvgIpc) is 3.38. The maximum absolute atomic E-state index is 6.15. The minimum absolute atomic E-state index is 0.608. The van der Waals surface area contributed by atoms with E-state index in [1.807, 2.05) is 24.3 Å². The molecule has 194 valence electrons. The van der Waals surface area contributed by atoms with E-state index in [9.17, 15) is 0 Å². The van der Waals surface area contributed by atoms with Crippen LogP contribution in [0.25, 0.3) is 28.5 Å². The van der Waals surface area contributed by atoms with Crippen LogP contribution in [0.3, 0.4) is 0 Å². The van der Waals surface area contributed by atoms with Gasteiger partial charge in [-0.1, -0.05) is 86.6 Å². The zero-order chi connectivity index (χ0) is 26.0. The van der Waals surface area contributed by atoms with Crippen LogP contribution in [0.15, 0.2) is 77.3 Å². The number of benzene rings is 3. The normalized spacial score (nSPS) is 12.0. The first-order chi connectivity index (χ1) is 18.1. The maximum atomic E-state index is 6.15. The third-order valence-corrected chi connectivity index (χ3v) is 7.45. The molecule has 0 N–H and O–H groups in total. The topological polar surface area (TPSA) is 39.9 Å². The van der Waals surface area contributed by atoms with E-state index in [0.717, 1.165) is 58.1 Å². The lowest BCUT2D eigenvalue weighted by atomic mass is 10.0. The molecular formula is C32H38BrN3O. The summed E-state index contributed by atoms with van der Waals surface area (Å²) < 4.78 is 9.34. The van der Waals surface area contributed by atoms with Gasteiger partial charge in [0.2, 0.25) is 0 Å². The van der Waals surface area contributed by atoms with Crippen molar-refractivity contribution < 1.29 is 4.74 Å². The Morgan fingerprint density at radius 1 is 0.757 bits per heavy atom. The molecule has 5 heteroatoms. The van der Waals surface area contributed by atoms with Crippen LogP contribution in [-0.2, 0) is 6.42 Å². The third kappa shape index (κ3) is 7.10. The van der Waals surface area contributed by atoms with Crippen LogP contribution in [0.2, 0.25) is 0 Å². The maximum Gasteiger partial charge on any atom is 0.168 e. The van der Waals surface area contributed by atoms with Crippen LogP contribution in [0.5, 0.6) is 5.75 Å². The first-order valence-electron chi connectivity index (χ1n) is 13.7. The summed E-state index contributed by atoms with van der Waals surface area (Å²) in [7, 11) is 0. The second-order valence-corrected chi connectivity index (χ2v) is 10.6. The lowest BCUT2D eigenvalue weighted by molar-refractivity contribution is 0.233. The van der Waals surface area contributed by atoms with E-state index < -0.39 is 0 Å². The van der Waals surface area contributed by atoms with Gasteiger partial charge in [0.1, 0.15) is 5.75 Å². The minimum atomic E-state index is 0.608. The van der Waals surface area contributed by atoms with E-state index >= 15 is 0 Å². The van der Waals surface area contributed by atoms with E-state index in [1.165, 1.54) is 37.7 Å². The van der Waals surface area contributed by atoms with Gasteiger partial charge in [0.05, 0.1) is 6.61 Å². The molecule has 1 aromatic heterocycles. The Labute approximate surface area is 230 Å². The molecule has 0 radical (unpaired) electrons. The summed E-state index contributed by atoms with van der Waals surface area (Å²) in [5.74, 6) is 3.15. The molecule has 0 fully saturated rings. The van der Waals surface area contributed by atoms with Gasteiger partial charge in [-0.05, 0) is 79.3 Å². The fourth-order valence-corrected chi connectivity index (χ4v) is 4.77. The van der Waals surface area contributed by atoms with E-state index in [2.05, 4.69) is 100.0 Å². The smallest absolute Gasteiger partial charge is 0.168 e. The molecule has 0 spiro atoms. The predicted molar refractivity (Wildman–Crippen MR) is 157 cm³/mol. The Kier molecular flexibility index (Phi) is 9.95. The van der Waals surface area contributed by atoms with Crippen LogP contribution in [0, 0.1) is 5.92 Å². The summed E-state index contributed by atoms with van der Waals surface area (Å²) in [5, 5.41) is 9.27. The lowest BCUT2D eigenvalue weighted by Gasteiger charge is -2.16. The number of nitrogens with zero attached hydrogens (tertiary/aromatic N) is 3. The second kappa shape index (κ2) is 13.6. The van der Waals surface area contributed by atoms with Crippen molar-refractivity contribution in [2.75, 3.05) is 6.61 Å². The molecule has 3 aromatic carbocycles. The van der Waals surface area contributed by atoms with Crippen molar-refractivity contribution in [2.45, 2.75) is 65.7 Å². The van der Waals surface area contributed by atoms with Gasteiger partial charge in [0.25, 0.3) is 0 Å². The molecule has 0 amide bonds. The van der Waals surface area contributed by atoms with E-state index in [1.54, 1.807) is 0 Å². The lowest BCUT2D eigenvalue weighted by Crippen LogP contribution is -2.11. The minimum Gasteiger partial charge on any atom is -0.493 e. The zero-order valence-corrected chi connectivity index (χ0v) is 23.9. The molecule has 1 heterocycles.